The van der Waals surface area contributed by atoms with Gasteiger partial charge in [0.1, 0.15) is 12.6 Å². The van der Waals surface area contributed by atoms with Crippen molar-refractivity contribution in [2.45, 2.75) is 129 Å². The van der Waals surface area contributed by atoms with Crippen LogP contribution in [0.4, 0.5) is 0 Å². The quantitative estimate of drug-likeness (QED) is 0.0970. The lowest BCUT2D eigenvalue weighted by Gasteiger charge is -2.34. The van der Waals surface area contributed by atoms with Gasteiger partial charge in [-0.15, -0.1) is 0 Å². The lowest BCUT2D eigenvalue weighted by Crippen LogP contribution is -2.55. The van der Waals surface area contributed by atoms with Gasteiger partial charge in [-0.05, 0) is 12.8 Å². The molecule has 0 aromatic carbocycles. The van der Waals surface area contributed by atoms with Crippen LogP contribution in [0, 0.1) is 0 Å². The molecule has 0 aromatic rings. The minimum atomic E-state index is -1.13. The van der Waals surface area contributed by atoms with Crippen LogP contribution in [0.5, 0.6) is 0 Å². The van der Waals surface area contributed by atoms with E-state index in [2.05, 4.69) is 6.92 Å². The normalized spacial score (nSPS) is 13.2. The zero-order chi connectivity index (χ0) is 27.9. The first-order valence-electron chi connectivity index (χ1n) is 14.6. The number of carboxylic acid groups (broad SMARTS) is 1. The Hall–Kier alpha value is -1.67. The van der Waals surface area contributed by atoms with E-state index in [1.807, 2.05) is 6.92 Å². The molecule has 0 radical (unpaired) electrons. The number of carbonyl (C=O) groups is 3. The van der Waals surface area contributed by atoms with Crippen molar-refractivity contribution in [2.75, 3.05) is 41.0 Å². The van der Waals surface area contributed by atoms with Crippen molar-refractivity contribution in [3.8, 4) is 0 Å². The van der Waals surface area contributed by atoms with E-state index in [1.165, 1.54) is 51.4 Å². The molecule has 0 rings (SSSR count). The summed E-state index contributed by atoms with van der Waals surface area (Å²) in [6, 6.07) is -0.714. The third-order valence-electron chi connectivity index (χ3n) is 6.49. The Morgan fingerprint density at radius 3 is 1.73 bits per heavy atom. The molecule has 2 unspecified atom stereocenters. The first-order chi connectivity index (χ1) is 17.6. The molecule has 0 fully saturated rings. The lowest BCUT2D eigenvalue weighted by atomic mass is 10.1. The second kappa shape index (κ2) is 22.3. The molecule has 0 aliphatic rings. The van der Waals surface area contributed by atoms with E-state index in [4.69, 9.17) is 14.2 Å². The van der Waals surface area contributed by atoms with E-state index in [-0.39, 0.29) is 42.7 Å². The van der Waals surface area contributed by atoms with E-state index in [1.54, 1.807) is 21.1 Å². The molecule has 8 nitrogen and oxygen atoms in total. The summed E-state index contributed by atoms with van der Waals surface area (Å²) >= 11 is 0. The Kier molecular flexibility index (Phi) is 21.3. The molecule has 218 valence electrons. The van der Waals surface area contributed by atoms with Gasteiger partial charge in [0, 0.05) is 19.3 Å². The molecule has 0 saturated carbocycles. The van der Waals surface area contributed by atoms with E-state index in [0.29, 0.717) is 12.8 Å². The summed E-state index contributed by atoms with van der Waals surface area (Å²) in [6.45, 7) is 4.38. The Balaban J connectivity index is 4.35. The number of nitrogens with zero attached hydrogens (tertiary/aromatic N) is 1. The maximum atomic E-state index is 12.4. The first kappa shape index (κ1) is 35.3. The Labute approximate surface area is 226 Å². The standard InChI is InChI=1S/C29H55NO7/c1-6-8-10-11-12-13-14-15-16-17-18-20-28(32)37-25(24-36-27(31)19-9-7-2)23-35-22-21-26(29(33)34)30(3,4)5/h25-26H,6-24H2,1-5H3. The van der Waals surface area contributed by atoms with Crippen LogP contribution < -0.4 is 5.11 Å². The second-order valence-corrected chi connectivity index (χ2v) is 11.0. The van der Waals surface area contributed by atoms with Crippen molar-refractivity contribution in [1.82, 2.24) is 0 Å². The molecule has 0 saturated heterocycles. The summed E-state index contributed by atoms with van der Waals surface area (Å²) in [4.78, 5) is 35.7. The fourth-order valence-corrected chi connectivity index (χ4v) is 4.10. The number of likely N-dealkylation sites (N-methyl/N-ethyl adjacent to an activating group) is 1. The minimum Gasteiger partial charge on any atom is -0.544 e. The van der Waals surface area contributed by atoms with Gasteiger partial charge < -0.3 is 28.6 Å². The topological polar surface area (TPSA) is 102 Å². The van der Waals surface area contributed by atoms with Gasteiger partial charge in [0.05, 0.1) is 40.3 Å². The Bertz CT molecular complexity index is 604. The van der Waals surface area contributed by atoms with Crippen molar-refractivity contribution >= 4 is 17.9 Å². The molecule has 0 aromatic heterocycles. The maximum absolute atomic E-state index is 12.4. The zero-order valence-electron chi connectivity index (χ0n) is 24.4. The van der Waals surface area contributed by atoms with Gasteiger partial charge >= 0.3 is 11.9 Å². The molecule has 8 heteroatoms. The van der Waals surface area contributed by atoms with E-state index < -0.39 is 18.1 Å². The van der Waals surface area contributed by atoms with Crippen LogP contribution in [-0.4, -0.2) is 75.5 Å². The molecule has 0 N–H and O–H groups in total. The molecule has 0 aliphatic heterocycles. The van der Waals surface area contributed by atoms with Gasteiger partial charge in [-0.2, -0.15) is 0 Å². The first-order valence-corrected chi connectivity index (χ1v) is 14.6. The highest BCUT2D eigenvalue weighted by atomic mass is 16.6. The average Bonchev–Trinajstić information content (AvgIpc) is 2.83. The third kappa shape index (κ3) is 21.0. The number of hydrogen-bond donors (Lipinski definition) is 0. The number of ether oxygens (including phenoxy) is 3. The van der Waals surface area contributed by atoms with Crippen molar-refractivity contribution in [2.24, 2.45) is 0 Å². The van der Waals surface area contributed by atoms with Crippen molar-refractivity contribution in [3.05, 3.63) is 0 Å². The average molecular weight is 530 g/mol. The van der Waals surface area contributed by atoms with Gasteiger partial charge in [-0.1, -0.05) is 84.5 Å². The second-order valence-electron chi connectivity index (χ2n) is 11.0. The van der Waals surface area contributed by atoms with E-state index in [9.17, 15) is 19.5 Å². The highest BCUT2D eigenvalue weighted by Crippen LogP contribution is 2.13. The van der Waals surface area contributed by atoms with Crippen LogP contribution in [0.1, 0.15) is 117 Å². The molecule has 0 heterocycles. The molecule has 0 spiro atoms. The van der Waals surface area contributed by atoms with Crippen LogP contribution in [-0.2, 0) is 28.6 Å². The highest BCUT2D eigenvalue weighted by Gasteiger charge is 2.25. The fraction of sp³-hybridized carbons (Fsp3) is 0.897. The van der Waals surface area contributed by atoms with E-state index >= 15 is 0 Å². The van der Waals surface area contributed by atoms with E-state index in [0.717, 1.165) is 32.1 Å². The number of aliphatic carboxylic acids is 1. The number of unbranched alkanes of at least 4 members (excludes halogenated alkanes) is 11. The SMILES string of the molecule is CCCCCCCCCCCCCC(=O)OC(COCCC(C(=O)[O-])[N+](C)(C)C)COC(=O)CCCC. The number of carbonyl (C=O) groups excluding carboxylic acids is 3. The van der Waals surface area contributed by atoms with Gasteiger partial charge in [0.15, 0.2) is 6.10 Å². The molecule has 0 bridgehead atoms. The Morgan fingerprint density at radius 2 is 1.22 bits per heavy atom. The van der Waals surface area contributed by atoms with Crippen molar-refractivity contribution < 1.29 is 38.2 Å². The van der Waals surface area contributed by atoms with Crippen LogP contribution in [0.2, 0.25) is 0 Å². The van der Waals surface area contributed by atoms with Gasteiger partial charge in [0.2, 0.25) is 0 Å². The summed E-state index contributed by atoms with van der Waals surface area (Å²) < 4.78 is 16.7. The summed E-state index contributed by atoms with van der Waals surface area (Å²) in [5.74, 6) is -1.78. The number of esters is 2. The molecular weight excluding hydrogens is 474 g/mol. The molecular formula is C29H55NO7. The summed E-state index contributed by atoms with van der Waals surface area (Å²) in [7, 11) is 5.36. The van der Waals surface area contributed by atoms with Crippen molar-refractivity contribution in [1.29, 1.82) is 0 Å². The number of hydrogen-bond acceptors (Lipinski definition) is 7. The van der Waals surface area contributed by atoms with Gasteiger partial charge in [0.25, 0.3) is 0 Å². The predicted molar refractivity (Wildman–Crippen MR) is 144 cm³/mol. The maximum Gasteiger partial charge on any atom is 0.306 e. The number of carboxylic acids is 1. The smallest absolute Gasteiger partial charge is 0.306 e. The molecule has 2 atom stereocenters. The van der Waals surface area contributed by atoms with Crippen LogP contribution >= 0.6 is 0 Å². The van der Waals surface area contributed by atoms with Crippen LogP contribution in [0.15, 0.2) is 0 Å². The fourth-order valence-electron chi connectivity index (χ4n) is 4.10. The predicted octanol–water partition coefficient (Wildman–Crippen LogP) is 4.56. The number of quaternary nitrogens is 1. The monoisotopic (exact) mass is 529 g/mol. The van der Waals surface area contributed by atoms with Gasteiger partial charge in [-0.3, -0.25) is 9.59 Å². The zero-order valence-corrected chi connectivity index (χ0v) is 24.4. The van der Waals surface area contributed by atoms with Crippen LogP contribution in [0.25, 0.3) is 0 Å². The summed E-state index contributed by atoms with van der Waals surface area (Å²) in [5, 5.41) is 11.4. The highest BCUT2D eigenvalue weighted by molar-refractivity contribution is 5.70. The number of rotatable bonds is 25. The lowest BCUT2D eigenvalue weighted by molar-refractivity contribution is -0.889. The van der Waals surface area contributed by atoms with Crippen LogP contribution in [0.3, 0.4) is 0 Å². The third-order valence-corrected chi connectivity index (χ3v) is 6.49. The molecule has 37 heavy (non-hydrogen) atoms. The Morgan fingerprint density at radius 1 is 0.703 bits per heavy atom. The minimum absolute atomic E-state index is 0.0436. The van der Waals surface area contributed by atoms with Gasteiger partial charge in [-0.25, -0.2) is 0 Å². The van der Waals surface area contributed by atoms with Crippen molar-refractivity contribution in [3.63, 3.8) is 0 Å². The largest absolute Gasteiger partial charge is 0.544 e. The molecule has 0 amide bonds. The molecule has 0 aliphatic carbocycles. The summed E-state index contributed by atoms with van der Waals surface area (Å²) in [5.41, 5.74) is 0. The summed E-state index contributed by atoms with van der Waals surface area (Å²) in [6.07, 6.45) is 15.1.